The molecule has 2 aromatic carbocycles. The van der Waals surface area contributed by atoms with Gasteiger partial charge in [0, 0.05) is 18.4 Å². The Hall–Kier alpha value is -2.92. The molecular weight excluding hydrogens is 300 g/mol. The number of para-hydroxylation sites is 1. The van der Waals surface area contributed by atoms with Crippen LogP contribution >= 0.6 is 0 Å². The molecule has 3 N–H and O–H groups in total. The van der Waals surface area contributed by atoms with E-state index in [9.17, 15) is 5.11 Å². The average molecular weight is 320 g/mol. The lowest BCUT2D eigenvalue weighted by Crippen LogP contribution is -2.13. The van der Waals surface area contributed by atoms with Gasteiger partial charge in [-0.1, -0.05) is 48.0 Å². The molecule has 0 bridgehead atoms. The van der Waals surface area contributed by atoms with E-state index >= 15 is 0 Å². The van der Waals surface area contributed by atoms with Crippen LogP contribution in [0.1, 0.15) is 17.2 Å². The maximum absolute atomic E-state index is 10.3. The first kappa shape index (κ1) is 16.0. The first-order valence-electron chi connectivity index (χ1n) is 7.84. The first-order valence-corrected chi connectivity index (χ1v) is 7.84. The number of benzene rings is 2. The van der Waals surface area contributed by atoms with Gasteiger partial charge in [-0.2, -0.15) is 4.98 Å². The van der Waals surface area contributed by atoms with Crippen molar-refractivity contribution in [1.29, 1.82) is 0 Å². The minimum atomic E-state index is -0.592. The molecule has 0 amide bonds. The maximum atomic E-state index is 10.3. The Morgan fingerprint density at radius 3 is 2.67 bits per heavy atom. The van der Waals surface area contributed by atoms with Gasteiger partial charge in [-0.05, 0) is 30.7 Å². The zero-order valence-corrected chi connectivity index (χ0v) is 13.5. The minimum absolute atomic E-state index is 0.380. The number of anilines is 3. The molecule has 5 heteroatoms. The van der Waals surface area contributed by atoms with Gasteiger partial charge in [0.1, 0.15) is 5.82 Å². The van der Waals surface area contributed by atoms with Gasteiger partial charge in [0.05, 0.1) is 6.10 Å². The summed E-state index contributed by atoms with van der Waals surface area (Å²) in [6, 6.07) is 19.4. The number of aliphatic hydroxyl groups is 1. The van der Waals surface area contributed by atoms with Crippen molar-refractivity contribution in [3.05, 3.63) is 78.0 Å². The second-order valence-electron chi connectivity index (χ2n) is 5.57. The number of aromatic nitrogens is 2. The van der Waals surface area contributed by atoms with E-state index in [4.69, 9.17) is 0 Å². The summed E-state index contributed by atoms with van der Waals surface area (Å²) >= 11 is 0. The van der Waals surface area contributed by atoms with Crippen molar-refractivity contribution in [3.63, 3.8) is 0 Å². The average Bonchev–Trinajstić information content (AvgIpc) is 2.61. The van der Waals surface area contributed by atoms with E-state index in [0.717, 1.165) is 16.8 Å². The lowest BCUT2D eigenvalue weighted by molar-refractivity contribution is 0.191. The fourth-order valence-electron chi connectivity index (χ4n) is 2.36. The molecule has 0 fully saturated rings. The van der Waals surface area contributed by atoms with Gasteiger partial charge < -0.3 is 15.7 Å². The van der Waals surface area contributed by atoms with E-state index < -0.39 is 6.10 Å². The van der Waals surface area contributed by atoms with Crippen molar-refractivity contribution in [1.82, 2.24) is 9.97 Å². The molecule has 0 spiro atoms. The summed E-state index contributed by atoms with van der Waals surface area (Å²) in [4.78, 5) is 8.61. The van der Waals surface area contributed by atoms with E-state index in [1.807, 2.05) is 61.5 Å². The molecule has 0 aliphatic rings. The number of rotatable bonds is 6. The van der Waals surface area contributed by atoms with Crippen LogP contribution in [-0.4, -0.2) is 21.6 Å². The van der Waals surface area contributed by atoms with Crippen molar-refractivity contribution in [3.8, 4) is 0 Å². The van der Waals surface area contributed by atoms with Crippen LogP contribution < -0.4 is 10.6 Å². The number of aliphatic hydroxyl groups excluding tert-OH is 1. The highest BCUT2D eigenvalue weighted by molar-refractivity contribution is 5.54. The van der Waals surface area contributed by atoms with E-state index in [2.05, 4.69) is 20.6 Å². The summed E-state index contributed by atoms with van der Waals surface area (Å²) < 4.78 is 0. The molecule has 3 rings (SSSR count). The summed E-state index contributed by atoms with van der Waals surface area (Å²) in [5, 5.41) is 16.6. The van der Waals surface area contributed by atoms with E-state index in [0.29, 0.717) is 18.3 Å². The Morgan fingerprint density at radius 2 is 1.88 bits per heavy atom. The van der Waals surface area contributed by atoms with Gasteiger partial charge in [0.2, 0.25) is 5.95 Å². The maximum Gasteiger partial charge on any atom is 0.229 e. The van der Waals surface area contributed by atoms with Crippen molar-refractivity contribution < 1.29 is 5.11 Å². The van der Waals surface area contributed by atoms with E-state index in [1.54, 1.807) is 12.3 Å². The molecule has 122 valence electrons. The van der Waals surface area contributed by atoms with Crippen LogP contribution in [0, 0.1) is 6.92 Å². The van der Waals surface area contributed by atoms with Gasteiger partial charge in [-0.25, -0.2) is 4.98 Å². The molecule has 0 aliphatic carbocycles. The van der Waals surface area contributed by atoms with Crippen LogP contribution in [0.5, 0.6) is 0 Å². The molecule has 5 nitrogen and oxygen atoms in total. The Bertz CT molecular complexity index is 792. The Morgan fingerprint density at radius 1 is 1.04 bits per heavy atom. The van der Waals surface area contributed by atoms with Gasteiger partial charge in [0.25, 0.3) is 0 Å². The number of hydrogen-bond acceptors (Lipinski definition) is 5. The Labute approximate surface area is 141 Å². The third-order valence-corrected chi connectivity index (χ3v) is 3.59. The van der Waals surface area contributed by atoms with Crippen molar-refractivity contribution in [2.45, 2.75) is 13.0 Å². The fraction of sp³-hybridized carbons (Fsp3) is 0.158. The first-order chi connectivity index (χ1) is 11.7. The summed E-state index contributed by atoms with van der Waals surface area (Å²) in [6.45, 7) is 2.39. The highest BCUT2D eigenvalue weighted by Gasteiger charge is 2.08. The third kappa shape index (κ3) is 4.30. The molecule has 0 saturated carbocycles. The highest BCUT2D eigenvalue weighted by Crippen LogP contribution is 2.16. The van der Waals surface area contributed by atoms with Crippen LogP contribution in [0.25, 0.3) is 0 Å². The van der Waals surface area contributed by atoms with Crippen LogP contribution in [0.4, 0.5) is 17.5 Å². The monoisotopic (exact) mass is 320 g/mol. The highest BCUT2D eigenvalue weighted by atomic mass is 16.3. The smallest absolute Gasteiger partial charge is 0.229 e. The van der Waals surface area contributed by atoms with E-state index in [-0.39, 0.29) is 0 Å². The molecule has 3 aromatic rings. The largest absolute Gasteiger partial charge is 0.387 e. The quantitative estimate of drug-likeness (QED) is 0.646. The number of nitrogens with zero attached hydrogens (tertiary/aromatic N) is 2. The molecule has 0 saturated heterocycles. The molecule has 0 radical (unpaired) electrons. The molecule has 0 aliphatic heterocycles. The zero-order valence-electron chi connectivity index (χ0n) is 13.5. The lowest BCUT2D eigenvalue weighted by atomic mass is 10.1. The molecule has 1 unspecified atom stereocenters. The molecule has 24 heavy (non-hydrogen) atoms. The molecule has 1 aromatic heterocycles. The summed E-state index contributed by atoms with van der Waals surface area (Å²) in [6.07, 6.45) is 1.09. The van der Waals surface area contributed by atoms with Crippen LogP contribution in [0.15, 0.2) is 66.9 Å². The van der Waals surface area contributed by atoms with Gasteiger partial charge in [-0.3, -0.25) is 0 Å². The number of nitrogens with one attached hydrogen (secondary N) is 2. The molecule has 1 atom stereocenters. The van der Waals surface area contributed by atoms with E-state index in [1.165, 1.54) is 0 Å². The predicted molar refractivity (Wildman–Crippen MR) is 96.4 cm³/mol. The SMILES string of the molecule is Cc1cccc(C(O)CNc2ccnc(Nc3ccccc3)n2)c1. The zero-order chi connectivity index (χ0) is 16.8. The minimum Gasteiger partial charge on any atom is -0.387 e. The summed E-state index contributed by atoms with van der Waals surface area (Å²) in [5.74, 6) is 1.17. The Balaban J connectivity index is 1.62. The topological polar surface area (TPSA) is 70.1 Å². The summed E-state index contributed by atoms with van der Waals surface area (Å²) in [7, 11) is 0. The van der Waals surface area contributed by atoms with Crippen LogP contribution in [0.2, 0.25) is 0 Å². The van der Waals surface area contributed by atoms with Gasteiger partial charge >= 0.3 is 0 Å². The molecule has 1 heterocycles. The fourth-order valence-corrected chi connectivity index (χ4v) is 2.36. The normalized spacial score (nSPS) is 11.8. The summed E-state index contributed by atoms with van der Waals surface area (Å²) in [5.41, 5.74) is 2.94. The second-order valence-corrected chi connectivity index (χ2v) is 5.57. The van der Waals surface area contributed by atoms with Crippen molar-refractivity contribution >= 4 is 17.5 Å². The van der Waals surface area contributed by atoms with Gasteiger partial charge in [0.15, 0.2) is 0 Å². The van der Waals surface area contributed by atoms with Crippen LogP contribution in [0.3, 0.4) is 0 Å². The predicted octanol–water partition coefficient (Wildman–Crippen LogP) is 3.67. The van der Waals surface area contributed by atoms with Gasteiger partial charge in [-0.15, -0.1) is 0 Å². The Kier molecular flexibility index (Phi) is 5.03. The molecular formula is C19H20N4O. The van der Waals surface area contributed by atoms with Crippen molar-refractivity contribution in [2.24, 2.45) is 0 Å². The number of aryl methyl sites for hydroxylation is 1. The standard InChI is InChI=1S/C19H20N4O/c1-14-6-5-7-15(12-14)17(24)13-21-18-10-11-20-19(23-18)22-16-8-3-2-4-9-16/h2-12,17,24H,13H2,1H3,(H2,20,21,22,23). The number of hydrogen-bond donors (Lipinski definition) is 3. The third-order valence-electron chi connectivity index (χ3n) is 3.59. The van der Waals surface area contributed by atoms with Crippen LogP contribution in [-0.2, 0) is 0 Å². The lowest BCUT2D eigenvalue weighted by Gasteiger charge is -2.13. The van der Waals surface area contributed by atoms with Crippen molar-refractivity contribution in [2.75, 3.05) is 17.2 Å². The second kappa shape index (κ2) is 7.57.